The molecule has 0 rings (SSSR count). The number of carbonyl (C=O) groups excluding carboxylic acids is 1. The topological polar surface area (TPSA) is 55.1 Å². The maximum absolute atomic E-state index is 11.0. The third kappa shape index (κ3) is 2.45. The van der Waals surface area contributed by atoms with Crippen LogP contribution in [0.5, 0.6) is 0 Å². The van der Waals surface area contributed by atoms with Crippen LogP contribution in [-0.4, -0.2) is 25.4 Å². The van der Waals surface area contributed by atoms with E-state index < -0.39 is 0 Å². The normalized spacial score (nSPS) is 13.7. The van der Waals surface area contributed by atoms with E-state index in [0.717, 1.165) is 0 Å². The number of hydrogen-bond acceptors (Lipinski definition) is 3. The molecule has 0 aromatic rings. The fraction of sp³-hybridized carbons (Fsp3) is 0.857. The predicted molar refractivity (Wildman–Crippen MR) is 41.7 cm³/mol. The lowest BCUT2D eigenvalue weighted by molar-refractivity contribution is -0.120. The van der Waals surface area contributed by atoms with Crippen LogP contribution in [0.3, 0.4) is 0 Å². The van der Waals surface area contributed by atoms with Crippen LogP contribution in [0.1, 0.15) is 13.8 Å². The van der Waals surface area contributed by atoms with Crippen molar-refractivity contribution in [3.05, 3.63) is 0 Å². The summed E-state index contributed by atoms with van der Waals surface area (Å²) >= 11 is 0. The van der Waals surface area contributed by atoms with E-state index >= 15 is 0 Å². The van der Waals surface area contributed by atoms with Crippen molar-refractivity contribution < 1.29 is 4.79 Å². The van der Waals surface area contributed by atoms with E-state index in [4.69, 9.17) is 5.73 Å². The van der Waals surface area contributed by atoms with Crippen LogP contribution in [-0.2, 0) is 4.79 Å². The van der Waals surface area contributed by atoms with Gasteiger partial charge in [-0.3, -0.25) is 4.79 Å². The first kappa shape index (κ1) is 9.59. The van der Waals surface area contributed by atoms with Crippen LogP contribution in [0.4, 0.5) is 0 Å². The van der Waals surface area contributed by atoms with E-state index in [1.807, 2.05) is 13.8 Å². The fourth-order valence-electron chi connectivity index (χ4n) is 0.993. The van der Waals surface area contributed by atoms with Gasteiger partial charge >= 0.3 is 0 Å². The Morgan fingerprint density at radius 1 is 1.60 bits per heavy atom. The summed E-state index contributed by atoms with van der Waals surface area (Å²) in [5.74, 6) is 0.401. The molecule has 0 aromatic heterocycles. The van der Waals surface area contributed by atoms with Crippen molar-refractivity contribution >= 4 is 5.78 Å². The highest BCUT2D eigenvalue weighted by Crippen LogP contribution is 2.00. The monoisotopic (exact) mass is 144 g/mol. The van der Waals surface area contributed by atoms with Gasteiger partial charge in [0.25, 0.3) is 0 Å². The molecule has 0 aliphatic heterocycles. The zero-order chi connectivity index (χ0) is 8.15. The number of likely N-dealkylation sites (N-methyl/N-ethyl adjacent to an activating group) is 1. The average Bonchev–Trinajstić information content (AvgIpc) is 1.88. The number of hydrogen-bond donors (Lipinski definition) is 2. The number of nitrogens with two attached hydrogens (primary N) is 1. The highest BCUT2D eigenvalue weighted by atomic mass is 16.1. The first-order valence-electron chi connectivity index (χ1n) is 3.53. The SMILES string of the molecule is CNC(C(=O)CN)C(C)C. The molecule has 1 unspecified atom stereocenters. The van der Waals surface area contributed by atoms with Gasteiger partial charge in [-0.15, -0.1) is 0 Å². The summed E-state index contributed by atoms with van der Waals surface area (Å²) in [5.41, 5.74) is 5.20. The van der Waals surface area contributed by atoms with E-state index in [-0.39, 0.29) is 18.4 Å². The van der Waals surface area contributed by atoms with Crippen LogP contribution < -0.4 is 11.1 Å². The number of nitrogens with one attached hydrogen (secondary N) is 1. The van der Waals surface area contributed by atoms with E-state index in [1.54, 1.807) is 7.05 Å². The molecule has 3 nitrogen and oxygen atoms in total. The van der Waals surface area contributed by atoms with Gasteiger partial charge in [0.1, 0.15) is 0 Å². The third-order valence-electron chi connectivity index (χ3n) is 1.53. The minimum atomic E-state index is -0.0787. The van der Waals surface area contributed by atoms with Crippen molar-refractivity contribution in [1.82, 2.24) is 5.32 Å². The van der Waals surface area contributed by atoms with E-state index in [0.29, 0.717) is 5.92 Å². The Bertz CT molecular complexity index is 112. The lowest BCUT2D eigenvalue weighted by Crippen LogP contribution is -2.41. The Kier molecular flexibility index (Phi) is 4.23. The Labute approximate surface area is 62.0 Å². The first-order chi connectivity index (χ1) is 4.63. The van der Waals surface area contributed by atoms with Gasteiger partial charge in [0.15, 0.2) is 5.78 Å². The quantitative estimate of drug-likeness (QED) is 0.572. The fourth-order valence-corrected chi connectivity index (χ4v) is 0.993. The zero-order valence-corrected chi connectivity index (χ0v) is 6.85. The van der Waals surface area contributed by atoms with Gasteiger partial charge in [-0.1, -0.05) is 13.8 Å². The second-order valence-corrected chi connectivity index (χ2v) is 2.68. The minimum absolute atomic E-state index is 0.0787. The molecule has 0 heterocycles. The maximum atomic E-state index is 11.0. The standard InChI is InChI=1S/C7H16N2O/c1-5(2)7(9-3)6(10)4-8/h5,7,9H,4,8H2,1-3H3. The van der Waals surface area contributed by atoms with E-state index in [1.165, 1.54) is 0 Å². The number of Topliss-reactive ketones (excluding diaryl/α,β-unsaturated/α-hetero) is 1. The molecule has 1 atom stereocenters. The zero-order valence-electron chi connectivity index (χ0n) is 6.85. The van der Waals surface area contributed by atoms with Crippen LogP contribution in [0, 0.1) is 5.92 Å². The maximum Gasteiger partial charge on any atom is 0.163 e. The van der Waals surface area contributed by atoms with Crippen LogP contribution >= 0.6 is 0 Å². The van der Waals surface area contributed by atoms with Crippen molar-refractivity contribution in [3.63, 3.8) is 0 Å². The first-order valence-corrected chi connectivity index (χ1v) is 3.53. The molecule has 0 amide bonds. The van der Waals surface area contributed by atoms with Gasteiger partial charge < -0.3 is 11.1 Å². The molecule has 3 N–H and O–H groups in total. The smallest absolute Gasteiger partial charge is 0.163 e. The molecule has 0 fully saturated rings. The molecule has 0 spiro atoms. The average molecular weight is 144 g/mol. The van der Waals surface area contributed by atoms with Crippen molar-refractivity contribution in [2.75, 3.05) is 13.6 Å². The van der Waals surface area contributed by atoms with Crippen molar-refractivity contribution in [2.24, 2.45) is 11.7 Å². The predicted octanol–water partition coefficient (Wildman–Crippen LogP) is -0.242. The van der Waals surface area contributed by atoms with Gasteiger partial charge in [-0.2, -0.15) is 0 Å². The molecular weight excluding hydrogens is 128 g/mol. The van der Waals surface area contributed by atoms with Gasteiger partial charge in [-0.05, 0) is 13.0 Å². The number of carbonyl (C=O) groups is 1. The molecule has 0 aromatic carbocycles. The largest absolute Gasteiger partial charge is 0.324 e. The molecule has 0 aliphatic carbocycles. The molecule has 3 heteroatoms. The highest BCUT2D eigenvalue weighted by Gasteiger charge is 2.17. The summed E-state index contributed by atoms with van der Waals surface area (Å²) in [5, 5.41) is 2.92. The molecule has 0 saturated heterocycles. The lowest BCUT2D eigenvalue weighted by Gasteiger charge is -2.17. The second kappa shape index (κ2) is 4.41. The summed E-state index contributed by atoms with van der Waals surface area (Å²) in [6, 6.07) is -0.0787. The van der Waals surface area contributed by atoms with Crippen molar-refractivity contribution in [1.29, 1.82) is 0 Å². The summed E-state index contributed by atoms with van der Waals surface area (Å²) in [6.07, 6.45) is 0. The van der Waals surface area contributed by atoms with Crippen molar-refractivity contribution in [2.45, 2.75) is 19.9 Å². The number of rotatable bonds is 4. The molecule has 60 valence electrons. The molecule has 10 heavy (non-hydrogen) atoms. The van der Waals surface area contributed by atoms with Gasteiger partial charge in [0, 0.05) is 0 Å². The summed E-state index contributed by atoms with van der Waals surface area (Å²) in [7, 11) is 1.78. The van der Waals surface area contributed by atoms with Gasteiger partial charge in [0.05, 0.1) is 12.6 Å². The van der Waals surface area contributed by atoms with E-state index in [9.17, 15) is 4.79 Å². The molecule has 0 radical (unpaired) electrons. The molecule has 0 aliphatic rings. The highest BCUT2D eigenvalue weighted by molar-refractivity contribution is 5.85. The van der Waals surface area contributed by atoms with Crippen molar-refractivity contribution in [3.8, 4) is 0 Å². The van der Waals surface area contributed by atoms with Crippen LogP contribution in [0.2, 0.25) is 0 Å². The van der Waals surface area contributed by atoms with Crippen LogP contribution in [0.15, 0.2) is 0 Å². The molecule has 0 saturated carbocycles. The Morgan fingerprint density at radius 3 is 2.20 bits per heavy atom. The second-order valence-electron chi connectivity index (χ2n) is 2.68. The van der Waals surface area contributed by atoms with Crippen LogP contribution in [0.25, 0.3) is 0 Å². The molecule has 0 bridgehead atoms. The summed E-state index contributed by atoms with van der Waals surface area (Å²) < 4.78 is 0. The van der Waals surface area contributed by atoms with Gasteiger partial charge in [-0.25, -0.2) is 0 Å². The summed E-state index contributed by atoms with van der Waals surface area (Å²) in [6.45, 7) is 4.12. The molecular formula is C7H16N2O. The minimum Gasteiger partial charge on any atom is -0.324 e. The summed E-state index contributed by atoms with van der Waals surface area (Å²) in [4.78, 5) is 11.0. The van der Waals surface area contributed by atoms with E-state index in [2.05, 4.69) is 5.32 Å². The Morgan fingerprint density at radius 2 is 2.10 bits per heavy atom. The third-order valence-corrected chi connectivity index (χ3v) is 1.53. The lowest BCUT2D eigenvalue weighted by atomic mass is 10.0. The Balaban J connectivity index is 3.93. The number of ketones is 1. The van der Waals surface area contributed by atoms with Gasteiger partial charge in [0.2, 0.25) is 0 Å². The Hall–Kier alpha value is -0.410.